The Labute approximate surface area is 107 Å². The molecule has 96 valence electrons. The van der Waals surface area contributed by atoms with Gasteiger partial charge in [-0.05, 0) is 30.7 Å². The third-order valence-electron chi connectivity index (χ3n) is 2.21. The van der Waals surface area contributed by atoms with Gasteiger partial charge in [0.15, 0.2) is 0 Å². The number of hydrogen-bond donors (Lipinski definition) is 2. The van der Waals surface area contributed by atoms with Gasteiger partial charge in [-0.2, -0.15) is 0 Å². The summed E-state index contributed by atoms with van der Waals surface area (Å²) in [6, 6.07) is 5.44. The first-order valence-corrected chi connectivity index (χ1v) is 5.84. The maximum atomic E-state index is 9.64. The Balaban J connectivity index is 2.36. The number of aliphatic hydroxyl groups excluding tert-OH is 1. The third kappa shape index (κ3) is 5.37. The molecule has 5 heteroatoms. The van der Waals surface area contributed by atoms with E-state index in [1.54, 1.807) is 17.1 Å². The molecule has 0 radical (unpaired) electrons. The Morgan fingerprint density at radius 3 is 2.76 bits per heavy atom. The number of ether oxygens (including phenoxy) is 1. The third-order valence-corrected chi connectivity index (χ3v) is 2.64. The lowest BCUT2D eigenvalue weighted by atomic mass is 10.2. The highest BCUT2D eigenvalue weighted by atomic mass is 35.5. The first-order valence-electron chi connectivity index (χ1n) is 5.47. The first kappa shape index (κ1) is 14.3. The lowest BCUT2D eigenvalue weighted by Crippen LogP contribution is -2.39. The average molecular weight is 259 g/mol. The average Bonchev–Trinajstić information content (AvgIpc) is 2.28. The minimum Gasteiger partial charge on any atom is -0.491 e. The fourth-order valence-corrected chi connectivity index (χ4v) is 1.36. The summed E-state index contributed by atoms with van der Waals surface area (Å²) >= 11 is 5.91. The van der Waals surface area contributed by atoms with Gasteiger partial charge in [0.05, 0.1) is 0 Å². The molecule has 0 saturated carbocycles. The monoisotopic (exact) mass is 258 g/mol. The first-order chi connectivity index (χ1) is 7.99. The number of rotatable bonds is 6. The summed E-state index contributed by atoms with van der Waals surface area (Å²) in [4.78, 5) is 0. The summed E-state index contributed by atoms with van der Waals surface area (Å²) in [5.41, 5.74) is 3.95. The van der Waals surface area contributed by atoms with Gasteiger partial charge in [0.25, 0.3) is 0 Å². The zero-order valence-electron chi connectivity index (χ0n) is 10.4. The molecular weight excluding hydrogens is 240 g/mol. The molecule has 0 aliphatic rings. The van der Waals surface area contributed by atoms with Crippen molar-refractivity contribution >= 4 is 11.6 Å². The van der Waals surface area contributed by atoms with Crippen LogP contribution in [0.15, 0.2) is 18.2 Å². The molecule has 4 nitrogen and oxygen atoms in total. The molecule has 1 atom stereocenters. The van der Waals surface area contributed by atoms with E-state index in [1.165, 1.54) is 0 Å². The highest BCUT2D eigenvalue weighted by Gasteiger charge is 2.06. The normalized spacial score (nSPS) is 12.8. The van der Waals surface area contributed by atoms with Crippen LogP contribution in [0, 0.1) is 6.92 Å². The minimum atomic E-state index is -0.548. The van der Waals surface area contributed by atoms with Gasteiger partial charge in [-0.3, -0.25) is 10.4 Å². The van der Waals surface area contributed by atoms with Gasteiger partial charge in [0, 0.05) is 25.7 Å². The van der Waals surface area contributed by atoms with Crippen LogP contribution in [0.4, 0.5) is 0 Å². The molecule has 1 aromatic rings. The predicted octanol–water partition coefficient (Wildman–Crippen LogP) is 1.45. The number of nitrogens with zero attached hydrogens (tertiary/aromatic N) is 1. The molecular formula is C12H19ClN2O2. The number of aryl methyl sites for hydroxylation is 1. The summed E-state index contributed by atoms with van der Waals surface area (Å²) in [6.07, 6.45) is -0.548. The molecule has 0 aliphatic carbocycles. The molecule has 0 aliphatic heterocycles. The van der Waals surface area contributed by atoms with Crippen LogP contribution in [-0.2, 0) is 0 Å². The molecule has 0 amide bonds. The van der Waals surface area contributed by atoms with E-state index in [9.17, 15) is 5.11 Å². The fourth-order valence-electron chi connectivity index (χ4n) is 1.25. The van der Waals surface area contributed by atoms with Crippen LogP contribution in [0.2, 0.25) is 5.02 Å². The van der Waals surface area contributed by atoms with Gasteiger partial charge in [0.1, 0.15) is 18.5 Å². The van der Waals surface area contributed by atoms with E-state index < -0.39 is 6.10 Å². The minimum absolute atomic E-state index is 0.252. The lowest BCUT2D eigenvalue weighted by molar-refractivity contribution is 0.0884. The van der Waals surface area contributed by atoms with Crippen molar-refractivity contribution in [2.24, 2.45) is 0 Å². The highest BCUT2D eigenvalue weighted by Crippen LogP contribution is 2.20. The van der Waals surface area contributed by atoms with Crippen molar-refractivity contribution in [3.8, 4) is 5.75 Å². The van der Waals surface area contributed by atoms with Gasteiger partial charge in [0.2, 0.25) is 0 Å². The Kier molecular flexibility index (Phi) is 5.71. The van der Waals surface area contributed by atoms with E-state index in [4.69, 9.17) is 16.3 Å². The smallest absolute Gasteiger partial charge is 0.119 e. The number of nitrogens with one attached hydrogen (secondary N) is 1. The molecule has 0 bridgehead atoms. The van der Waals surface area contributed by atoms with E-state index in [0.717, 1.165) is 11.3 Å². The van der Waals surface area contributed by atoms with Gasteiger partial charge in [-0.15, -0.1) is 0 Å². The zero-order valence-corrected chi connectivity index (χ0v) is 11.2. The molecule has 0 spiro atoms. The largest absolute Gasteiger partial charge is 0.491 e. The van der Waals surface area contributed by atoms with Gasteiger partial charge in [-0.25, -0.2) is 0 Å². The second-order valence-corrected chi connectivity index (χ2v) is 4.54. The Morgan fingerprint density at radius 2 is 2.18 bits per heavy atom. The van der Waals surface area contributed by atoms with E-state index >= 15 is 0 Å². The quantitative estimate of drug-likeness (QED) is 0.759. The lowest BCUT2D eigenvalue weighted by Gasteiger charge is -2.17. The standard InChI is InChI=1S/C12H19ClN2O2/c1-9-6-11(4-5-12(9)13)17-8-10(16)7-14-15(2)3/h4-6,10,14,16H,7-8H2,1-3H3. The van der Waals surface area contributed by atoms with Crippen LogP contribution in [0.1, 0.15) is 5.56 Å². The second-order valence-electron chi connectivity index (χ2n) is 4.13. The second kappa shape index (κ2) is 6.81. The van der Waals surface area contributed by atoms with Crippen molar-refractivity contribution in [2.45, 2.75) is 13.0 Å². The van der Waals surface area contributed by atoms with E-state index in [-0.39, 0.29) is 6.61 Å². The maximum absolute atomic E-state index is 9.64. The van der Waals surface area contributed by atoms with E-state index in [2.05, 4.69) is 5.43 Å². The Morgan fingerprint density at radius 1 is 1.47 bits per heavy atom. The molecule has 0 aromatic heterocycles. The fraction of sp³-hybridized carbons (Fsp3) is 0.500. The number of benzene rings is 1. The van der Waals surface area contributed by atoms with Crippen LogP contribution < -0.4 is 10.2 Å². The van der Waals surface area contributed by atoms with Crippen molar-refractivity contribution < 1.29 is 9.84 Å². The van der Waals surface area contributed by atoms with Crippen LogP contribution in [0.3, 0.4) is 0 Å². The topological polar surface area (TPSA) is 44.7 Å². The highest BCUT2D eigenvalue weighted by molar-refractivity contribution is 6.31. The molecule has 1 unspecified atom stereocenters. The Bertz CT molecular complexity index is 358. The van der Waals surface area contributed by atoms with Gasteiger partial charge >= 0.3 is 0 Å². The van der Waals surface area contributed by atoms with Crippen molar-refractivity contribution in [2.75, 3.05) is 27.2 Å². The summed E-state index contributed by atoms with van der Waals surface area (Å²) in [5, 5.41) is 12.1. The number of halogens is 1. The van der Waals surface area contributed by atoms with Crippen LogP contribution in [-0.4, -0.2) is 43.5 Å². The summed E-state index contributed by atoms with van der Waals surface area (Å²) in [5.74, 6) is 0.718. The van der Waals surface area contributed by atoms with Crippen LogP contribution in [0.25, 0.3) is 0 Å². The van der Waals surface area contributed by atoms with Crippen LogP contribution in [0.5, 0.6) is 5.75 Å². The summed E-state index contributed by atoms with van der Waals surface area (Å²) in [7, 11) is 3.74. The van der Waals surface area contributed by atoms with E-state index in [1.807, 2.05) is 27.1 Å². The predicted molar refractivity (Wildman–Crippen MR) is 69.4 cm³/mol. The van der Waals surface area contributed by atoms with Crippen molar-refractivity contribution in [3.05, 3.63) is 28.8 Å². The van der Waals surface area contributed by atoms with Crippen LogP contribution >= 0.6 is 11.6 Å². The molecule has 17 heavy (non-hydrogen) atoms. The molecule has 2 N–H and O–H groups in total. The SMILES string of the molecule is Cc1cc(OCC(O)CNN(C)C)ccc1Cl. The molecule has 0 saturated heterocycles. The zero-order chi connectivity index (χ0) is 12.8. The summed E-state index contributed by atoms with van der Waals surface area (Å²) < 4.78 is 5.47. The Hall–Kier alpha value is -0.810. The van der Waals surface area contributed by atoms with Crippen molar-refractivity contribution in [3.63, 3.8) is 0 Å². The molecule has 1 aromatic carbocycles. The van der Waals surface area contributed by atoms with Gasteiger partial charge < -0.3 is 9.84 Å². The van der Waals surface area contributed by atoms with E-state index in [0.29, 0.717) is 11.6 Å². The number of aliphatic hydroxyl groups is 1. The van der Waals surface area contributed by atoms with Gasteiger partial charge in [-0.1, -0.05) is 11.6 Å². The summed E-state index contributed by atoms with van der Waals surface area (Å²) in [6.45, 7) is 2.63. The van der Waals surface area contributed by atoms with Crippen molar-refractivity contribution in [1.82, 2.24) is 10.4 Å². The molecule has 0 heterocycles. The molecule has 1 rings (SSSR count). The number of hydrogen-bond acceptors (Lipinski definition) is 4. The number of hydrazine groups is 1. The maximum Gasteiger partial charge on any atom is 0.119 e. The molecule has 0 fully saturated rings. The van der Waals surface area contributed by atoms with Crippen molar-refractivity contribution in [1.29, 1.82) is 0 Å².